The summed E-state index contributed by atoms with van der Waals surface area (Å²) in [5, 5.41) is 3.83. The summed E-state index contributed by atoms with van der Waals surface area (Å²) in [5.74, 6) is -0.337. The predicted octanol–water partition coefficient (Wildman–Crippen LogP) is 3.42. The Balaban J connectivity index is 1.58. The molecule has 1 fully saturated rings. The van der Waals surface area contributed by atoms with Crippen molar-refractivity contribution in [3.8, 4) is 16.9 Å². The van der Waals surface area contributed by atoms with Crippen LogP contribution in [0.1, 0.15) is 6.92 Å². The zero-order valence-corrected chi connectivity index (χ0v) is 16.9. The molecule has 2 heterocycles. The van der Waals surface area contributed by atoms with Crippen LogP contribution in [0.25, 0.3) is 22.0 Å². The molecular formula is C22H19ClFN3O3. The van der Waals surface area contributed by atoms with Crippen molar-refractivity contribution in [2.75, 3.05) is 19.6 Å². The number of ether oxygens (including phenoxy) is 1. The lowest BCUT2D eigenvalue weighted by Crippen LogP contribution is -2.53. The van der Waals surface area contributed by atoms with E-state index in [-0.39, 0.29) is 18.4 Å². The van der Waals surface area contributed by atoms with Gasteiger partial charge in [-0.05, 0) is 48.9 Å². The van der Waals surface area contributed by atoms with Crippen molar-refractivity contribution in [3.05, 3.63) is 59.5 Å². The second-order valence-corrected chi connectivity index (χ2v) is 7.44. The molecule has 1 aromatic heterocycles. The molecule has 30 heavy (non-hydrogen) atoms. The summed E-state index contributed by atoms with van der Waals surface area (Å²) < 4.78 is 19.2. The largest absolute Gasteiger partial charge is 0.481 e. The van der Waals surface area contributed by atoms with Crippen molar-refractivity contribution >= 4 is 34.3 Å². The third kappa shape index (κ3) is 4.07. The number of benzene rings is 2. The summed E-state index contributed by atoms with van der Waals surface area (Å²) in [4.78, 5) is 30.0. The third-order valence-electron chi connectivity index (χ3n) is 4.95. The van der Waals surface area contributed by atoms with Gasteiger partial charge in [0.15, 0.2) is 6.10 Å². The zero-order chi connectivity index (χ0) is 21.3. The Bertz CT molecular complexity index is 1140. The van der Waals surface area contributed by atoms with Gasteiger partial charge in [0.1, 0.15) is 11.6 Å². The first-order valence-electron chi connectivity index (χ1n) is 9.49. The first kappa shape index (κ1) is 20.1. The van der Waals surface area contributed by atoms with Crippen molar-refractivity contribution in [2.45, 2.75) is 13.0 Å². The SMILES string of the molecule is C[C@@H](Oc1ccc2c(-c3ccc(F)cc3Cl)ccnc2c1)C(=O)N1CCNC(=O)C1. The minimum Gasteiger partial charge on any atom is -0.481 e. The van der Waals surface area contributed by atoms with Crippen LogP contribution in [0.3, 0.4) is 0 Å². The summed E-state index contributed by atoms with van der Waals surface area (Å²) in [6.45, 7) is 2.58. The second-order valence-electron chi connectivity index (χ2n) is 7.03. The Morgan fingerprint density at radius 1 is 1.23 bits per heavy atom. The monoisotopic (exact) mass is 427 g/mol. The average molecular weight is 428 g/mol. The van der Waals surface area contributed by atoms with E-state index in [2.05, 4.69) is 10.3 Å². The molecular weight excluding hydrogens is 409 g/mol. The zero-order valence-electron chi connectivity index (χ0n) is 16.2. The Labute approximate surface area is 177 Å². The number of halogens is 2. The van der Waals surface area contributed by atoms with Gasteiger partial charge >= 0.3 is 0 Å². The molecule has 0 aliphatic carbocycles. The highest BCUT2D eigenvalue weighted by Crippen LogP contribution is 2.34. The number of amides is 2. The first-order valence-corrected chi connectivity index (χ1v) is 9.86. The highest BCUT2D eigenvalue weighted by molar-refractivity contribution is 6.33. The van der Waals surface area contributed by atoms with Gasteiger partial charge in [0.2, 0.25) is 5.91 Å². The maximum absolute atomic E-state index is 13.4. The van der Waals surface area contributed by atoms with Gasteiger partial charge in [0.25, 0.3) is 5.91 Å². The minimum absolute atomic E-state index is 0.0353. The third-order valence-corrected chi connectivity index (χ3v) is 5.26. The molecule has 6 nitrogen and oxygen atoms in total. The van der Waals surface area contributed by atoms with Crippen LogP contribution in [0.2, 0.25) is 5.02 Å². The van der Waals surface area contributed by atoms with Gasteiger partial charge in [-0.25, -0.2) is 4.39 Å². The standard InChI is InChI=1S/C22H19ClFN3O3/c1-13(22(29)27-9-8-26-21(28)12-27)30-15-3-5-18-16(6-7-25-20(18)11-15)17-4-2-14(24)10-19(17)23/h2-7,10-11,13H,8-9,12H2,1H3,(H,26,28)/t13-/m1/s1. The van der Waals surface area contributed by atoms with E-state index in [0.717, 1.165) is 10.9 Å². The number of hydrogen-bond acceptors (Lipinski definition) is 4. The number of aromatic nitrogens is 1. The number of nitrogens with one attached hydrogen (secondary N) is 1. The summed E-state index contributed by atoms with van der Waals surface area (Å²) in [6.07, 6.45) is 0.894. The molecule has 1 saturated heterocycles. The summed E-state index contributed by atoms with van der Waals surface area (Å²) in [7, 11) is 0. The van der Waals surface area contributed by atoms with E-state index >= 15 is 0 Å². The van der Waals surface area contributed by atoms with Crippen LogP contribution >= 0.6 is 11.6 Å². The van der Waals surface area contributed by atoms with Crippen LogP contribution in [-0.4, -0.2) is 47.4 Å². The highest BCUT2D eigenvalue weighted by atomic mass is 35.5. The number of piperazine rings is 1. The fraction of sp³-hybridized carbons (Fsp3) is 0.227. The van der Waals surface area contributed by atoms with Crippen molar-refractivity contribution in [1.29, 1.82) is 0 Å². The quantitative estimate of drug-likeness (QED) is 0.692. The lowest BCUT2D eigenvalue weighted by atomic mass is 10.0. The van der Waals surface area contributed by atoms with Gasteiger partial charge in [0.05, 0.1) is 17.1 Å². The molecule has 0 bridgehead atoms. The topological polar surface area (TPSA) is 71.5 Å². The Kier molecular flexibility index (Phi) is 5.55. The normalized spacial score (nSPS) is 15.0. The Morgan fingerprint density at radius 2 is 2.07 bits per heavy atom. The van der Waals surface area contributed by atoms with Gasteiger partial charge in [-0.3, -0.25) is 14.6 Å². The molecule has 1 aliphatic heterocycles. The molecule has 1 aliphatic rings. The predicted molar refractivity (Wildman–Crippen MR) is 112 cm³/mol. The molecule has 2 aromatic carbocycles. The van der Waals surface area contributed by atoms with E-state index < -0.39 is 11.9 Å². The van der Waals surface area contributed by atoms with Gasteiger partial charge in [-0.15, -0.1) is 0 Å². The second kappa shape index (κ2) is 8.28. The molecule has 4 rings (SSSR count). The van der Waals surface area contributed by atoms with Crippen molar-refractivity contribution in [1.82, 2.24) is 15.2 Å². The number of hydrogen-bond donors (Lipinski definition) is 1. The smallest absolute Gasteiger partial charge is 0.263 e. The van der Waals surface area contributed by atoms with Crippen LogP contribution in [-0.2, 0) is 9.59 Å². The van der Waals surface area contributed by atoms with Crippen molar-refractivity contribution < 1.29 is 18.7 Å². The number of carbonyl (C=O) groups excluding carboxylic acids is 2. The molecule has 1 atom stereocenters. The van der Waals surface area contributed by atoms with E-state index in [9.17, 15) is 14.0 Å². The number of rotatable bonds is 4. The highest BCUT2D eigenvalue weighted by Gasteiger charge is 2.26. The number of nitrogens with zero attached hydrogens (tertiary/aromatic N) is 2. The fourth-order valence-electron chi connectivity index (χ4n) is 3.48. The van der Waals surface area contributed by atoms with E-state index in [0.29, 0.717) is 34.9 Å². The van der Waals surface area contributed by atoms with Gasteiger partial charge in [-0.1, -0.05) is 11.6 Å². The average Bonchev–Trinajstić information content (AvgIpc) is 2.73. The molecule has 0 spiro atoms. The van der Waals surface area contributed by atoms with Crippen LogP contribution in [0.4, 0.5) is 4.39 Å². The fourth-order valence-corrected chi connectivity index (χ4v) is 3.75. The number of carbonyl (C=O) groups is 2. The number of fused-ring (bicyclic) bond motifs is 1. The summed E-state index contributed by atoms with van der Waals surface area (Å²) >= 11 is 6.23. The molecule has 0 saturated carbocycles. The van der Waals surface area contributed by atoms with Gasteiger partial charge in [0, 0.05) is 36.3 Å². The van der Waals surface area contributed by atoms with E-state index in [1.165, 1.54) is 17.0 Å². The molecule has 2 amide bonds. The van der Waals surface area contributed by atoms with Crippen LogP contribution in [0, 0.1) is 5.82 Å². The van der Waals surface area contributed by atoms with E-state index in [1.54, 1.807) is 31.3 Å². The van der Waals surface area contributed by atoms with Crippen LogP contribution < -0.4 is 10.1 Å². The number of pyridine rings is 1. The molecule has 154 valence electrons. The molecule has 0 unspecified atom stereocenters. The minimum atomic E-state index is -0.747. The molecule has 3 aromatic rings. The van der Waals surface area contributed by atoms with Crippen LogP contribution in [0.5, 0.6) is 5.75 Å². The van der Waals surface area contributed by atoms with Crippen LogP contribution in [0.15, 0.2) is 48.7 Å². The molecule has 1 N–H and O–H groups in total. The van der Waals surface area contributed by atoms with E-state index in [1.807, 2.05) is 12.1 Å². The summed E-state index contributed by atoms with van der Waals surface area (Å²) in [6, 6.07) is 11.4. The maximum atomic E-state index is 13.4. The Hall–Kier alpha value is -3.19. The van der Waals surface area contributed by atoms with E-state index in [4.69, 9.17) is 16.3 Å². The van der Waals surface area contributed by atoms with Crippen molar-refractivity contribution in [3.63, 3.8) is 0 Å². The lowest BCUT2D eigenvalue weighted by Gasteiger charge is -2.29. The van der Waals surface area contributed by atoms with Gasteiger partial charge < -0.3 is 15.0 Å². The van der Waals surface area contributed by atoms with Gasteiger partial charge in [-0.2, -0.15) is 0 Å². The first-order chi connectivity index (χ1) is 14.4. The Morgan fingerprint density at radius 3 is 2.83 bits per heavy atom. The summed E-state index contributed by atoms with van der Waals surface area (Å²) in [5.41, 5.74) is 2.17. The maximum Gasteiger partial charge on any atom is 0.263 e. The molecule has 0 radical (unpaired) electrons. The van der Waals surface area contributed by atoms with Crippen molar-refractivity contribution in [2.24, 2.45) is 0 Å². The molecule has 8 heteroatoms. The lowest BCUT2D eigenvalue weighted by molar-refractivity contribution is -0.143.